The van der Waals surface area contributed by atoms with Crippen molar-refractivity contribution in [1.82, 2.24) is 9.78 Å². The van der Waals surface area contributed by atoms with Gasteiger partial charge >= 0.3 is 0 Å². The molecule has 0 unspecified atom stereocenters. The largest absolute Gasteiger partial charge is 0.337 e. The first-order valence-corrected chi connectivity index (χ1v) is 13.2. The Kier molecular flexibility index (Phi) is 5.40. The van der Waals surface area contributed by atoms with E-state index in [1.165, 1.54) is 16.7 Å². The molecule has 0 bridgehead atoms. The third kappa shape index (κ3) is 3.92. The van der Waals surface area contributed by atoms with Crippen molar-refractivity contribution in [3.63, 3.8) is 0 Å². The van der Waals surface area contributed by atoms with Crippen molar-refractivity contribution < 1.29 is 0 Å². The van der Waals surface area contributed by atoms with E-state index in [0.29, 0.717) is 5.84 Å². The first-order valence-electron chi connectivity index (χ1n) is 13.2. The Balaban J connectivity index is 1.50. The van der Waals surface area contributed by atoms with E-state index in [1.54, 1.807) is 0 Å². The summed E-state index contributed by atoms with van der Waals surface area (Å²) < 4.78 is 1.97. The summed E-state index contributed by atoms with van der Waals surface area (Å²) in [6.45, 7) is 6.29. The molecule has 1 aromatic heterocycles. The lowest BCUT2D eigenvalue weighted by molar-refractivity contribution is 0.815. The molecule has 6 heteroatoms. The van der Waals surface area contributed by atoms with Gasteiger partial charge in [-0.2, -0.15) is 5.10 Å². The number of aromatic nitrogens is 2. The van der Waals surface area contributed by atoms with Crippen LogP contribution in [0.25, 0.3) is 5.69 Å². The molecule has 190 valence electrons. The molecule has 39 heavy (non-hydrogen) atoms. The summed E-state index contributed by atoms with van der Waals surface area (Å²) in [5.41, 5.74) is 9.52. The highest BCUT2D eigenvalue weighted by atomic mass is 15.4. The number of anilines is 2. The summed E-state index contributed by atoms with van der Waals surface area (Å²) in [5.74, 6) is 2.30. The highest BCUT2D eigenvalue weighted by Gasteiger charge is 2.41. The Hall–Kier alpha value is -4.97. The molecule has 4 aromatic carbocycles. The average Bonchev–Trinajstić information content (AvgIpc) is 3.29. The average molecular weight is 509 g/mol. The molecular formula is C33H28N6. The molecule has 0 radical (unpaired) electrons. The summed E-state index contributed by atoms with van der Waals surface area (Å²) in [4.78, 5) is 12.7. The number of aryl methyl sites for hydroxylation is 3. The number of fused-ring (bicyclic) bond motifs is 4. The molecular weight excluding hydrogens is 480 g/mol. The van der Waals surface area contributed by atoms with Crippen LogP contribution in [0.5, 0.6) is 0 Å². The SMILES string of the molecule is Cc1ccc([C@H]2c3c(C)nn(-c4ccc(C)cc4)c3N=C3C(Nc4ccccc4)=Nc4ccccc4N32)cc1. The van der Waals surface area contributed by atoms with Crippen LogP contribution in [0.1, 0.15) is 34.0 Å². The van der Waals surface area contributed by atoms with Gasteiger partial charge in [-0.3, -0.25) is 0 Å². The smallest absolute Gasteiger partial charge is 0.179 e. The molecule has 0 amide bonds. The topological polar surface area (TPSA) is 57.8 Å². The van der Waals surface area contributed by atoms with Crippen LogP contribution in [0.3, 0.4) is 0 Å². The van der Waals surface area contributed by atoms with E-state index >= 15 is 0 Å². The predicted molar refractivity (Wildman–Crippen MR) is 159 cm³/mol. The molecule has 7 rings (SSSR count). The lowest BCUT2D eigenvalue weighted by Gasteiger charge is -2.40. The number of para-hydroxylation sites is 3. The normalized spacial score (nSPS) is 15.6. The number of benzene rings is 4. The first-order chi connectivity index (χ1) is 19.1. The number of nitrogens with zero attached hydrogens (tertiary/aromatic N) is 5. The van der Waals surface area contributed by atoms with Gasteiger partial charge in [-0.05, 0) is 62.7 Å². The van der Waals surface area contributed by atoms with Crippen LogP contribution < -0.4 is 10.2 Å². The second-order valence-electron chi connectivity index (χ2n) is 10.1. The fraction of sp³-hybridized carbons (Fsp3) is 0.121. The number of aliphatic imine (C=N–C) groups is 2. The minimum Gasteiger partial charge on any atom is -0.337 e. The number of nitrogens with one attached hydrogen (secondary N) is 1. The zero-order chi connectivity index (χ0) is 26.5. The van der Waals surface area contributed by atoms with Gasteiger partial charge in [0.1, 0.15) is 0 Å². The lowest BCUT2D eigenvalue weighted by atomic mass is 9.93. The van der Waals surface area contributed by atoms with Crippen LogP contribution in [0.2, 0.25) is 0 Å². The minimum atomic E-state index is -0.128. The van der Waals surface area contributed by atoms with Crippen LogP contribution in [-0.2, 0) is 0 Å². The Morgan fingerprint density at radius 2 is 1.36 bits per heavy atom. The molecule has 1 N–H and O–H groups in total. The highest BCUT2D eigenvalue weighted by Crippen LogP contribution is 2.48. The minimum absolute atomic E-state index is 0.128. The van der Waals surface area contributed by atoms with Gasteiger partial charge in [0.05, 0.1) is 28.8 Å². The predicted octanol–water partition coefficient (Wildman–Crippen LogP) is 7.59. The van der Waals surface area contributed by atoms with Gasteiger partial charge in [0.25, 0.3) is 0 Å². The molecule has 0 spiro atoms. The molecule has 5 aromatic rings. The highest BCUT2D eigenvalue weighted by molar-refractivity contribution is 6.51. The zero-order valence-electron chi connectivity index (χ0n) is 22.1. The number of rotatable bonds is 3. The Morgan fingerprint density at radius 3 is 2.10 bits per heavy atom. The molecule has 0 fully saturated rings. The lowest BCUT2D eigenvalue weighted by Crippen LogP contribution is -2.46. The van der Waals surface area contributed by atoms with Crippen LogP contribution in [0, 0.1) is 20.8 Å². The van der Waals surface area contributed by atoms with Crippen molar-refractivity contribution in [2.45, 2.75) is 26.8 Å². The standard InChI is InChI=1S/C33H28N6/c1-21-13-17-24(18-14-21)30-29-23(3)37-39(26-19-15-22(2)16-20-26)32(29)36-33-31(34-25-9-5-4-6-10-25)35-27-11-7-8-12-28(27)38(30)33/h4-20,30H,1-3H3,(H,34,35)/t30-/m0/s1. The van der Waals surface area contributed by atoms with Crippen LogP contribution in [-0.4, -0.2) is 21.5 Å². The number of hydrogen-bond donors (Lipinski definition) is 1. The molecule has 3 heterocycles. The summed E-state index contributed by atoms with van der Waals surface area (Å²) in [6.07, 6.45) is 0. The van der Waals surface area contributed by atoms with E-state index in [-0.39, 0.29) is 6.04 Å². The van der Waals surface area contributed by atoms with Crippen LogP contribution >= 0.6 is 0 Å². The third-order valence-corrected chi connectivity index (χ3v) is 7.35. The Morgan fingerprint density at radius 1 is 0.692 bits per heavy atom. The summed E-state index contributed by atoms with van der Waals surface area (Å²) in [5, 5.41) is 8.59. The molecule has 2 aliphatic heterocycles. The quantitative estimate of drug-likeness (QED) is 0.273. The van der Waals surface area contributed by atoms with Crippen molar-refractivity contribution in [1.29, 1.82) is 0 Å². The summed E-state index contributed by atoms with van der Waals surface area (Å²) >= 11 is 0. The van der Waals surface area contributed by atoms with Gasteiger partial charge in [-0.15, -0.1) is 0 Å². The molecule has 6 nitrogen and oxygen atoms in total. The third-order valence-electron chi connectivity index (χ3n) is 7.35. The number of hydrogen-bond acceptors (Lipinski definition) is 5. The van der Waals surface area contributed by atoms with E-state index < -0.39 is 0 Å². The van der Waals surface area contributed by atoms with E-state index in [0.717, 1.165) is 45.7 Å². The zero-order valence-corrected chi connectivity index (χ0v) is 22.1. The summed E-state index contributed by atoms with van der Waals surface area (Å²) in [7, 11) is 0. The fourth-order valence-corrected chi connectivity index (χ4v) is 5.39. The van der Waals surface area contributed by atoms with E-state index in [9.17, 15) is 0 Å². The van der Waals surface area contributed by atoms with E-state index in [2.05, 4.69) is 97.7 Å². The van der Waals surface area contributed by atoms with Crippen molar-refractivity contribution in [3.8, 4) is 5.69 Å². The second kappa shape index (κ2) is 9.10. The van der Waals surface area contributed by atoms with Crippen LogP contribution in [0.15, 0.2) is 113 Å². The summed E-state index contributed by atoms with van der Waals surface area (Å²) in [6, 6.07) is 35.5. The van der Waals surface area contributed by atoms with Crippen LogP contribution in [0.4, 0.5) is 22.9 Å². The monoisotopic (exact) mass is 508 g/mol. The van der Waals surface area contributed by atoms with Gasteiger partial charge in [0.2, 0.25) is 0 Å². The van der Waals surface area contributed by atoms with Gasteiger partial charge in [0, 0.05) is 11.3 Å². The van der Waals surface area contributed by atoms with Crippen molar-refractivity contribution in [2.75, 3.05) is 10.2 Å². The van der Waals surface area contributed by atoms with E-state index in [1.807, 2.05) is 41.1 Å². The van der Waals surface area contributed by atoms with E-state index in [4.69, 9.17) is 15.1 Å². The van der Waals surface area contributed by atoms with Gasteiger partial charge in [-0.25, -0.2) is 14.7 Å². The molecule has 0 aliphatic carbocycles. The van der Waals surface area contributed by atoms with Gasteiger partial charge in [-0.1, -0.05) is 77.9 Å². The van der Waals surface area contributed by atoms with Gasteiger partial charge in [0.15, 0.2) is 17.5 Å². The maximum atomic E-state index is 5.31. The Labute approximate surface area is 228 Å². The fourth-order valence-electron chi connectivity index (χ4n) is 5.39. The molecule has 0 saturated carbocycles. The Bertz CT molecular complexity index is 1740. The maximum absolute atomic E-state index is 5.31. The number of amidine groups is 2. The van der Waals surface area contributed by atoms with Crippen molar-refractivity contribution in [3.05, 3.63) is 131 Å². The van der Waals surface area contributed by atoms with Crippen molar-refractivity contribution in [2.24, 2.45) is 9.98 Å². The molecule has 2 aliphatic rings. The van der Waals surface area contributed by atoms with Gasteiger partial charge < -0.3 is 10.2 Å². The first kappa shape index (κ1) is 23.2. The molecule has 0 saturated heterocycles. The maximum Gasteiger partial charge on any atom is 0.179 e. The molecule has 1 atom stereocenters. The van der Waals surface area contributed by atoms with Crippen molar-refractivity contribution >= 4 is 34.6 Å². The second-order valence-corrected chi connectivity index (χ2v) is 10.1.